The molecule has 1 saturated heterocycles. The minimum absolute atomic E-state index is 0.0724. The van der Waals surface area contributed by atoms with E-state index in [1.165, 1.54) is 0 Å². The monoisotopic (exact) mass is 216 g/mol. The van der Waals surface area contributed by atoms with Gasteiger partial charge in [-0.3, -0.25) is 0 Å². The Kier molecular flexibility index (Phi) is 3.82. The molecule has 1 fully saturated rings. The van der Waals surface area contributed by atoms with Gasteiger partial charge in [-0.1, -0.05) is 6.92 Å². The van der Waals surface area contributed by atoms with Gasteiger partial charge in [-0.25, -0.2) is 4.79 Å². The Morgan fingerprint density at radius 1 is 1.47 bits per heavy atom. The molecule has 1 heterocycles. The first-order chi connectivity index (χ1) is 6.97. The van der Waals surface area contributed by atoms with E-state index in [0.717, 1.165) is 0 Å². The Hall–Kier alpha value is -0.940. The number of carboxylic acid groups (broad SMARTS) is 1. The van der Waals surface area contributed by atoms with Gasteiger partial charge in [0.2, 0.25) is 0 Å². The third kappa shape index (κ3) is 2.54. The van der Waals surface area contributed by atoms with E-state index in [1.807, 2.05) is 6.92 Å². The van der Waals surface area contributed by atoms with Crippen LogP contribution < -0.4 is 0 Å². The highest BCUT2D eigenvalue weighted by Crippen LogP contribution is 2.28. The molecule has 1 rings (SSSR count). The van der Waals surface area contributed by atoms with Crippen molar-refractivity contribution in [3.63, 3.8) is 0 Å². The zero-order valence-electron chi connectivity index (χ0n) is 8.79. The smallest absolute Gasteiger partial charge is 0.335 e. The maximum absolute atomic E-state index is 10.8. The number of hydrogen-bond acceptors (Lipinski definition) is 4. The molecule has 5 nitrogen and oxygen atoms in total. The first-order valence-electron chi connectivity index (χ1n) is 4.99. The highest BCUT2D eigenvalue weighted by atomic mass is 16.5. The van der Waals surface area contributed by atoms with E-state index in [2.05, 4.69) is 0 Å². The van der Waals surface area contributed by atoms with Crippen molar-refractivity contribution in [1.29, 1.82) is 0 Å². The van der Waals surface area contributed by atoms with Crippen molar-refractivity contribution in [3.8, 4) is 0 Å². The number of aldehydes is 1. The van der Waals surface area contributed by atoms with Crippen LogP contribution in [-0.4, -0.2) is 40.8 Å². The van der Waals surface area contributed by atoms with Gasteiger partial charge in [0.1, 0.15) is 12.4 Å². The van der Waals surface area contributed by atoms with Crippen LogP contribution >= 0.6 is 0 Å². The lowest BCUT2D eigenvalue weighted by Crippen LogP contribution is -2.42. The van der Waals surface area contributed by atoms with Gasteiger partial charge in [0.25, 0.3) is 0 Å². The summed E-state index contributed by atoms with van der Waals surface area (Å²) in [6.45, 7) is 3.55. The number of carbonyl (C=O) groups is 2. The van der Waals surface area contributed by atoms with E-state index in [4.69, 9.17) is 9.84 Å². The maximum atomic E-state index is 10.8. The molecule has 2 N–H and O–H groups in total. The molecule has 0 aromatic rings. The molecule has 0 amide bonds. The average Bonchev–Trinajstić information content (AvgIpc) is 2.23. The second-order valence-corrected chi connectivity index (χ2v) is 4.12. The minimum Gasteiger partial charge on any atom is -0.479 e. The molecule has 5 atom stereocenters. The third-order valence-electron chi connectivity index (χ3n) is 2.84. The van der Waals surface area contributed by atoms with Crippen molar-refractivity contribution in [2.45, 2.75) is 38.6 Å². The Bertz CT molecular complexity index is 252. The van der Waals surface area contributed by atoms with E-state index < -0.39 is 24.1 Å². The number of rotatable bonds is 2. The van der Waals surface area contributed by atoms with Crippen LogP contribution in [0.15, 0.2) is 0 Å². The first-order valence-corrected chi connectivity index (χ1v) is 4.99. The topological polar surface area (TPSA) is 83.8 Å². The minimum atomic E-state index is -1.31. The first kappa shape index (κ1) is 12.1. The van der Waals surface area contributed by atoms with Crippen molar-refractivity contribution >= 4 is 12.3 Å². The molecule has 0 aliphatic carbocycles. The molecule has 0 spiro atoms. The highest BCUT2D eigenvalue weighted by molar-refractivity contribution is 5.74. The van der Waals surface area contributed by atoms with Gasteiger partial charge in [-0.05, 0) is 19.3 Å². The quantitative estimate of drug-likeness (QED) is 0.638. The second-order valence-electron chi connectivity index (χ2n) is 4.12. The Labute approximate surface area is 88.0 Å². The lowest BCUT2D eigenvalue weighted by atomic mass is 9.86. The van der Waals surface area contributed by atoms with Gasteiger partial charge in [-0.15, -0.1) is 0 Å². The van der Waals surface area contributed by atoms with Gasteiger partial charge >= 0.3 is 5.97 Å². The van der Waals surface area contributed by atoms with Crippen LogP contribution in [0.4, 0.5) is 0 Å². The van der Waals surface area contributed by atoms with E-state index in [0.29, 0.717) is 12.7 Å². The summed E-state index contributed by atoms with van der Waals surface area (Å²) >= 11 is 0. The molecule has 5 heteroatoms. The Balaban J connectivity index is 2.91. The molecular weight excluding hydrogens is 200 g/mol. The summed E-state index contributed by atoms with van der Waals surface area (Å²) in [5, 5.41) is 18.6. The van der Waals surface area contributed by atoms with Gasteiger partial charge in [0.05, 0.1) is 6.10 Å². The van der Waals surface area contributed by atoms with E-state index in [9.17, 15) is 14.7 Å². The predicted molar refractivity (Wildman–Crippen MR) is 51.3 cm³/mol. The highest BCUT2D eigenvalue weighted by Gasteiger charge is 2.40. The number of aliphatic hydroxyl groups is 1. The summed E-state index contributed by atoms with van der Waals surface area (Å²) < 4.78 is 5.18. The SMILES string of the molecule is CC1CC(C)C(C=O)C(O)C(C(=O)O)O1. The molecule has 0 saturated carbocycles. The molecule has 0 aromatic carbocycles. The largest absolute Gasteiger partial charge is 0.479 e. The zero-order chi connectivity index (χ0) is 11.6. The van der Waals surface area contributed by atoms with Crippen molar-refractivity contribution in [3.05, 3.63) is 0 Å². The molecule has 0 aromatic heterocycles. The van der Waals surface area contributed by atoms with Crippen LogP contribution in [0.2, 0.25) is 0 Å². The summed E-state index contributed by atoms with van der Waals surface area (Å²) in [5.74, 6) is -1.97. The summed E-state index contributed by atoms with van der Waals surface area (Å²) in [7, 11) is 0. The maximum Gasteiger partial charge on any atom is 0.335 e. The predicted octanol–water partition coefficient (Wildman–Crippen LogP) is 0.0605. The number of aliphatic carboxylic acids is 1. The molecule has 1 aliphatic rings. The van der Waals surface area contributed by atoms with E-state index in [1.54, 1.807) is 6.92 Å². The standard InChI is InChI=1S/C10H16O5/c1-5-3-6(2)15-9(10(13)14)8(12)7(5)4-11/h4-9,12H,3H2,1-2H3,(H,13,14). The van der Waals surface area contributed by atoms with Crippen LogP contribution in [0.1, 0.15) is 20.3 Å². The molecule has 5 unspecified atom stereocenters. The van der Waals surface area contributed by atoms with Crippen LogP contribution in [0.5, 0.6) is 0 Å². The summed E-state index contributed by atoms with van der Waals surface area (Å²) in [5.41, 5.74) is 0. The van der Waals surface area contributed by atoms with Crippen LogP contribution in [0.25, 0.3) is 0 Å². The fraction of sp³-hybridized carbons (Fsp3) is 0.800. The normalized spacial score (nSPS) is 41.9. The van der Waals surface area contributed by atoms with Gasteiger partial charge in [0, 0.05) is 5.92 Å². The number of aliphatic hydroxyl groups excluding tert-OH is 1. The van der Waals surface area contributed by atoms with Gasteiger partial charge < -0.3 is 19.7 Å². The van der Waals surface area contributed by atoms with Crippen molar-refractivity contribution in [1.82, 2.24) is 0 Å². The molecule has 15 heavy (non-hydrogen) atoms. The summed E-state index contributed by atoms with van der Waals surface area (Å²) in [4.78, 5) is 21.6. The van der Waals surface area contributed by atoms with E-state index >= 15 is 0 Å². The van der Waals surface area contributed by atoms with Crippen molar-refractivity contribution in [2.24, 2.45) is 11.8 Å². The van der Waals surface area contributed by atoms with Gasteiger partial charge in [0.15, 0.2) is 6.10 Å². The molecular formula is C10H16O5. The summed E-state index contributed by atoms with van der Waals surface area (Å²) in [6, 6.07) is 0. The van der Waals surface area contributed by atoms with Gasteiger partial charge in [-0.2, -0.15) is 0 Å². The van der Waals surface area contributed by atoms with Crippen molar-refractivity contribution in [2.75, 3.05) is 0 Å². The van der Waals surface area contributed by atoms with Crippen LogP contribution in [0.3, 0.4) is 0 Å². The molecule has 1 aliphatic heterocycles. The Morgan fingerprint density at radius 2 is 2.07 bits per heavy atom. The number of ether oxygens (including phenoxy) is 1. The fourth-order valence-corrected chi connectivity index (χ4v) is 2.02. The molecule has 86 valence electrons. The van der Waals surface area contributed by atoms with Crippen LogP contribution in [0, 0.1) is 11.8 Å². The Morgan fingerprint density at radius 3 is 2.53 bits per heavy atom. The number of hydrogen-bond donors (Lipinski definition) is 2. The number of carboxylic acids is 1. The molecule has 0 bridgehead atoms. The van der Waals surface area contributed by atoms with Crippen LogP contribution in [-0.2, 0) is 14.3 Å². The summed E-state index contributed by atoms with van der Waals surface area (Å²) in [6.07, 6.45) is -1.64. The van der Waals surface area contributed by atoms with E-state index in [-0.39, 0.29) is 12.0 Å². The second kappa shape index (κ2) is 4.72. The van der Waals surface area contributed by atoms with Crippen molar-refractivity contribution < 1.29 is 24.5 Å². The zero-order valence-corrected chi connectivity index (χ0v) is 8.79. The molecule has 0 radical (unpaired) electrons. The average molecular weight is 216 g/mol. The lowest BCUT2D eigenvalue weighted by Gasteiger charge is -2.22. The third-order valence-corrected chi connectivity index (χ3v) is 2.84. The fourth-order valence-electron chi connectivity index (χ4n) is 2.02. The number of carbonyl (C=O) groups excluding carboxylic acids is 1. The lowest BCUT2D eigenvalue weighted by molar-refractivity contribution is -0.163.